The highest BCUT2D eigenvalue weighted by atomic mass is 35.5. The van der Waals surface area contributed by atoms with Crippen LogP contribution in [0.1, 0.15) is 21.5 Å². The van der Waals surface area contributed by atoms with Crippen molar-refractivity contribution in [1.29, 1.82) is 0 Å². The molecule has 8 nitrogen and oxygen atoms in total. The van der Waals surface area contributed by atoms with Crippen LogP contribution in [-0.2, 0) is 32.7 Å². The lowest BCUT2D eigenvalue weighted by Gasteiger charge is -2.11. The maximum Gasteiger partial charge on any atom is 0.338 e. The fraction of sp³-hybridized carbons (Fsp3) is 0.130. The second kappa shape index (κ2) is 11.0. The predicted octanol–water partition coefficient (Wildman–Crippen LogP) is 3.04. The lowest BCUT2D eigenvalue weighted by atomic mass is 10.2. The van der Waals surface area contributed by atoms with Crippen LogP contribution in [0.5, 0.6) is 5.75 Å². The number of sulfonamides is 1. The van der Waals surface area contributed by atoms with Gasteiger partial charge >= 0.3 is 5.97 Å². The van der Waals surface area contributed by atoms with E-state index < -0.39 is 21.9 Å². The molecule has 0 aliphatic heterocycles. The molecule has 3 aromatic carbocycles. The quantitative estimate of drug-likeness (QED) is 0.422. The third kappa shape index (κ3) is 7.04. The molecule has 3 N–H and O–H groups in total. The number of esters is 1. The van der Waals surface area contributed by atoms with Crippen LogP contribution in [0, 0.1) is 0 Å². The summed E-state index contributed by atoms with van der Waals surface area (Å²) in [6.45, 7) is -0.296. The number of amides is 1. The maximum atomic E-state index is 12.7. The maximum absolute atomic E-state index is 12.7. The van der Waals surface area contributed by atoms with Gasteiger partial charge in [-0.3, -0.25) is 4.79 Å². The summed E-state index contributed by atoms with van der Waals surface area (Å²) in [5, 5.41) is -0.0218. The van der Waals surface area contributed by atoms with Gasteiger partial charge in [-0.05, 0) is 41.5 Å². The zero-order valence-corrected chi connectivity index (χ0v) is 18.9. The Balaban J connectivity index is 1.67. The van der Waals surface area contributed by atoms with Crippen LogP contribution in [0.25, 0.3) is 0 Å². The number of rotatable bonds is 10. The van der Waals surface area contributed by atoms with Gasteiger partial charge in [0.25, 0.3) is 5.91 Å². The molecule has 0 bridgehead atoms. The van der Waals surface area contributed by atoms with Crippen LogP contribution in [0.3, 0.4) is 0 Å². The number of carbonyl (C=O) groups is 2. The second-order valence-corrected chi connectivity index (χ2v) is 9.08. The van der Waals surface area contributed by atoms with Crippen LogP contribution in [0.15, 0.2) is 77.7 Å². The van der Waals surface area contributed by atoms with Gasteiger partial charge < -0.3 is 15.2 Å². The normalized spacial score (nSPS) is 11.1. The van der Waals surface area contributed by atoms with Crippen LogP contribution >= 0.6 is 11.6 Å². The molecular weight excluding hydrogens is 468 g/mol. The topological polar surface area (TPSA) is 125 Å². The van der Waals surface area contributed by atoms with E-state index in [4.69, 9.17) is 26.8 Å². The number of ether oxygens (including phenoxy) is 2. The first-order chi connectivity index (χ1) is 15.7. The summed E-state index contributed by atoms with van der Waals surface area (Å²) in [6.07, 6.45) is 0. The van der Waals surface area contributed by atoms with Gasteiger partial charge in [-0.2, -0.15) is 0 Å². The molecule has 0 fully saturated rings. The Labute approximate surface area is 196 Å². The van der Waals surface area contributed by atoms with Crippen LogP contribution in [-0.4, -0.2) is 26.9 Å². The molecule has 33 heavy (non-hydrogen) atoms. The average molecular weight is 489 g/mol. The molecule has 0 saturated carbocycles. The molecule has 0 atom stereocenters. The summed E-state index contributed by atoms with van der Waals surface area (Å²) in [4.78, 5) is 23.1. The van der Waals surface area contributed by atoms with E-state index in [-0.39, 0.29) is 35.2 Å². The van der Waals surface area contributed by atoms with Gasteiger partial charge in [0, 0.05) is 6.54 Å². The number of hydrogen-bond donors (Lipinski definition) is 2. The highest BCUT2D eigenvalue weighted by Crippen LogP contribution is 2.24. The molecule has 0 unspecified atom stereocenters. The van der Waals surface area contributed by atoms with Gasteiger partial charge in [0.05, 0.1) is 10.6 Å². The van der Waals surface area contributed by atoms with Gasteiger partial charge in [0.15, 0.2) is 6.61 Å². The highest BCUT2D eigenvalue weighted by Gasteiger charge is 2.20. The van der Waals surface area contributed by atoms with Crippen LogP contribution in [0.2, 0.25) is 5.02 Å². The van der Waals surface area contributed by atoms with E-state index in [2.05, 4.69) is 4.72 Å². The number of nitrogens with one attached hydrogen (secondary N) is 1. The van der Waals surface area contributed by atoms with Crippen molar-refractivity contribution >= 4 is 33.5 Å². The molecule has 0 aromatic heterocycles. The van der Waals surface area contributed by atoms with Gasteiger partial charge in [0.1, 0.15) is 17.3 Å². The summed E-state index contributed by atoms with van der Waals surface area (Å²) in [7, 11) is -3.98. The van der Waals surface area contributed by atoms with Crippen molar-refractivity contribution in [2.45, 2.75) is 18.0 Å². The Morgan fingerprint density at radius 2 is 1.67 bits per heavy atom. The predicted molar refractivity (Wildman–Crippen MR) is 122 cm³/mol. The molecule has 0 heterocycles. The van der Waals surface area contributed by atoms with Crippen LogP contribution in [0.4, 0.5) is 0 Å². The monoisotopic (exact) mass is 488 g/mol. The minimum atomic E-state index is -3.98. The Morgan fingerprint density at radius 3 is 2.39 bits per heavy atom. The average Bonchev–Trinajstić information content (AvgIpc) is 2.81. The highest BCUT2D eigenvalue weighted by molar-refractivity contribution is 7.89. The van der Waals surface area contributed by atoms with E-state index in [0.717, 1.165) is 5.56 Å². The second-order valence-electron chi connectivity index (χ2n) is 6.93. The van der Waals surface area contributed by atoms with E-state index in [1.165, 1.54) is 18.2 Å². The van der Waals surface area contributed by atoms with Crippen LogP contribution < -0.4 is 15.2 Å². The SMILES string of the molecule is NC(=O)COc1cccc(COC(=O)c2ccc(Cl)c(S(=O)(=O)NCc3ccccc3)c2)c1. The molecular formula is C23H21ClN2O6S. The molecule has 10 heteroatoms. The van der Waals surface area contributed by atoms with Crippen molar-refractivity contribution in [3.8, 4) is 5.75 Å². The van der Waals surface area contributed by atoms with Crippen molar-refractivity contribution < 1.29 is 27.5 Å². The molecule has 0 aliphatic rings. The van der Waals surface area contributed by atoms with E-state index >= 15 is 0 Å². The van der Waals surface area contributed by atoms with Crippen molar-refractivity contribution in [2.24, 2.45) is 5.73 Å². The van der Waals surface area contributed by atoms with E-state index in [1.807, 2.05) is 6.07 Å². The van der Waals surface area contributed by atoms with E-state index in [0.29, 0.717) is 11.3 Å². The molecule has 0 saturated heterocycles. The largest absolute Gasteiger partial charge is 0.484 e. The number of hydrogen-bond acceptors (Lipinski definition) is 6. The van der Waals surface area contributed by atoms with Gasteiger partial charge in [0.2, 0.25) is 10.0 Å². The number of halogens is 1. The zero-order valence-electron chi connectivity index (χ0n) is 17.4. The third-order valence-electron chi connectivity index (χ3n) is 4.42. The summed E-state index contributed by atoms with van der Waals surface area (Å²) in [5.41, 5.74) is 6.46. The van der Waals surface area contributed by atoms with Gasteiger partial charge in [-0.1, -0.05) is 54.1 Å². The minimum Gasteiger partial charge on any atom is -0.484 e. The summed E-state index contributed by atoms with van der Waals surface area (Å²) >= 11 is 6.09. The van der Waals surface area contributed by atoms with Crippen molar-refractivity contribution in [3.05, 3.63) is 94.5 Å². The Kier molecular flexibility index (Phi) is 8.05. The summed E-state index contributed by atoms with van der Waals surface area (Å²) in [5.74, 6) is -0.945. The minimum absolute atomic E-state index is 0.0218. The first kappa shape index (κ1) is 24.2. The fourth-order valence-corrected chi connectivity index (χ4v) is 4.34. The first-order valence-corrected chi connectivity index (χ1v) is 11.6. The molecule has 3 rings (SSSR count). The van der Waals surface area contributed by atoms with Crippen molar-refractivity contribution in [1.82, 2.24) is 4.72 Å². The molecule has 0 radical (unpaired) electrons. The number of primary amides is 1. The Morgan fingerprint density at radius 1 is 0.939 bits per heavy atom. The standard InChI is InChI=1S/C23H21ClN2O6S/c24-20-10-9-18(12-21(20)33(29,30)26-13-16-5-2-1-3-6-16)23(28)32-14-17-7-4-8-19(11-17)31-15-22(25)27/h1-12,26H,13-15H2,(H2,25,27). The van der Waals surface area contributed by atoms with Gasteiger partial charge in [-0.15, -0.1) is 0 Å². The number of nitrogens with two attached hydrogens (primary N) is 1. The molecule has 0 aliphatic carbocycles. The van der Waals surface area contributed by atoms with Gasteiger partial charge in [-0.25, -0.2) is 17.9 Å². The zero-order chi connectivity index (χ0) is 23.8. The van der Waals surface area contributed by atoms with Crippen molar-refractivity contribution in [3.63, 3.8) is 0 Å². The molecule has 1 amide bonds. The number of carbonyl (C=O) groups excluding carboxylic acids is 2. The Bertz CT molecular complexity index is 1250. The number of benzene rings is 3. The third-order valence-corrected chi connectivity index (χ3v) is 6.30. The molecule has 172 valence electrons. The first-order valence-electron chi connectivity index (χ1n) is 9.75. The van der Waals surface area contributed by atoms with E-state index in [1.54, 1.807) is 48.5 Å². The molecule has 0 spiro atoms. The summed E-state index contributed by atoms with van der Waals surface area (Å²) in [6, 6.07) is 19.5. The lowest BCUT2D eigenvalue weighted by Crippen LogP contribution is -2.24. The van der Waals surface area contributed by atoms with E-state index in [9.17, 15) is 18.0 Å². The smallest absolute Gasteiger partial charge is 0.338 e. The van der Waals surface area contributed by atoms with Crippen molar-refractivity contribution in [2.75, 3.05) is 6.61 Å². The molecule has 3 aromatic rings. The fourth-order valence-electron chi connectivity index (χ4n) is 2.80. The lowest BCUT2D eigenvalue weighted by molar-refractivity contribution is -0.119. The summed E-state index contributed by atoms with van der Waals surface area (Å²) < 4.78 is 38.4. The Hall–Kier alpha value is -3.40.